The van der Waals surface area contributed by atoms with Crippen LogP contribution in [0.4, 0.5) is 13.2 Å². The highest BCUT2D eigenvalue weighted by Gasteiger charge is 2.28. The highest BCUT2D eigenvalue weighted by atomic mass is 19.4. The van der Waals surface area contributed by atoms with Gasteiger partial charge in [0, 0.05) is 12.5 Å². The second-order valence-corrected chi connectivity index (χ2v) is 3.77. The van der Waals surface area contributed by atoms with Gasteiger partial charge in [0.25, 0.3) is 0 Å². The van der Waals surface area contributed by atoms with Crippen molar-refractivity contribution in [3.8, 4) is 0 Å². The lowest BCUT2D eigenvalue weighted by molar-refractivity contribution is -0.136. The Balaban J connectivity index is 3.67. The maximum absolute atomic E-state index is 11.7. The maximum atomic E-state index is 11.7. The Morgan fingerprint density at radius 3 is 2.08 bits per heavy atom. The number of hydrogen-bond donors (Lipinski definition) is 2. The Labute approximate surface area is 75.9 Å². The lowest BCUT2D eigenvalue weighted by atomic mass is 9.95. The summed E-state index contributed by atoms with van der Waals surface area (Å²) in [6, 6.07) is -0.602. The first-order valence-electron chi connectivity index (χ1n) is 4.17. The predicted octanol–water partition coefficient (Wildman–Crippen LogP) is 1.82. The molecular weight excluding hydrogens is 183 g/mol. The summed E-state index contributed by atoms with van der Waals surface area (Å²) >= 11 is 0. The van der Waals surface area contributed by atoms with Gasteiger partial charge in [-0.3, -0.25) is 0 Å². The third-order valence-corrected chi connectivity index (χ3v) is 1.88. The third-order valence-electron chi connectivity index (χ3n) is 1.88. The van der Waals surface area contributed by atoms with Crippen molar-refractivity contribution in [2.45, 2.75) is 50.9 Å². The summed E-state index contributed by atoms with van der Waals surface area (Å²) in [4.78, 5) is 0. The van der Waals surface area contributed by atoms with Crippen molar-refractivity contribution in [1.29, 1.82) is 0 Å². The number of rotatable bonds is 4. The smallest absolute Gasteiger partial charge is 0.389 e. The van der Waals surface area contributed by atoms with E-state index >= 15 is 0 Å². The number of halogens is 3. The molecule has 1 atom stereocenters. The highest BCUT2D eigenvalue weighted by Crippen LogP contribution is 2.23. The van der Waals surface area contributed by atoms with E-state index in [4.69, 9.17) is 5.73 Å². The molecule has 0 saturated heterocycles. The minimum absolute atomic E-state index is 0.0331. The minimum atomic E-state index is -4.13. The van der Waals surface area contributed by atoms with Gasteiger partial charge in [-0.25, -0.2) is 0 Å². The Bertz CT molecular complexity index is 150. The van der Waals surface area contributed by atoms with Gasteiger partial charge in [-0.15, -0.1) is 0 Å². The standard InChI is InChI=1S/C8H16F3NO/c1-7(2,13)6(12)4-3-5-8(9,10)11/h6,13H,3-5,12H2,1-2H3/t6-/m1/s1. The van der Waals surface area contributed by atoms with E-state index < -0.39 is 24.2 Å². The topological polar surface area (TPSA) is 46.2 Å². The molecule has 0 bridgehead atoms. The van der Waals surface area contributed by atoms with Gasteiger partial charge in [-0.2, -0.15) is 13.2 Å². The first kappa shape index (κ1) is 12.7. The summed E-state index contributed by atoms with van der Waals surface area (Å²) in [5.41, 5.74) is 4.36. The molecular formula is C8H16F3NO. The molecule has 0 aromatic carbocycles. The number of alkyl halides is 3. The fourth-order valence-electron chi connectivity index (χ4n) is 0.876. The largest absolute Gasteiger partial charge is 0.389 e. The quantitative estimate of drug-likeness (QED) is 0.725. The van der Waals surface area contributed by atoms with Gasteiger partial charge >= 0.3 is 6.18 Å². The van der Waals surface area contributed by atoms with E-state index in [-0.39, 0.29) is 12.8 Å². The minimum Gasteiger partial charge on any atom is -0.389 e. The predicted molar refractivity (Wildman–Crippen MR) is 44.2 cm³/mol. The van der Waals surface area contributed by atoms with Crippen molar-refractivity contribution in [1.82, 2.24) is 0 Å². The summed E-state index contributed by atoms with van der Waals surface area (Å²) in [7, 11) is 0. The molecule has 0 aliphatic rings. The molecule has 2 nitrogen and oxygen atoms in total. The molecule has 0 aromatic rings. The average molecular weight is 199 g/mol. The van der Waals surface area contributed by atoms with Crippen LogP contribution in [0.5, 0.6) is 0 Å². The van der Waals surface area contributed by atoms with Crippen LogP contribution < -0.4 is 5.73 Å². The van der Waals surface area contributed by atoms with Crippen LogP contribution in [0.3, 0.4) is 0 Å². The van der Waals surface area contributed by atoms with E-state index in [0.29, 0.717) is 0 Å². The second kappa shape index (κ2) is 4.28. The Kier molecular flexibility index (Phi) is 4.19. The molecule has 13 heavy (non-hydrogen) atoms. The highest BCUT2D eigenvalue weighted by molar-refractivity contribution is 4.80. The van der Waals surface area contributed by atoms with Crippen LogP contribution in [0.15, 0.2) is 0 Å². The molecule has 0 saturated carbocycles. The van der Waals surface area contributed by atoms with Gasteiger partial charge in [0.15, 0.2) is 0 Å². The molecule has 0 unspecified atom stereocenters. The van der Waals surface area contributed by atoms with Gasteiger partial charge in [0.1, 0.15) is 0 Å². The van der Waals surface area contributed by atoms with Crippen molar-refractivity contribution in [3.05, 3.63) is 0 Å². The second-order valence-electron chi connectivity index (χ2n) is 3.77. The SMILES string of the molecule is CC(C)(O)[C@H](N)CCCC(F)(F)F. The lowest BCUT2D eigenvalue weighted by Crippen LogP contribution is -2.42. The molecule has 0 spiro atoms. The fraction of sp³-hybridized carbons (Fsp3) is 1.00. The molecule has 0 rings (SSSR count). The summed E-state index contributed by atoms with van der Waals surface area (Å²) in [5, 5.41) is 9.31. The summed E-state index contributed by atoms with van der Waals surface area (Å²) in [6.07, 6.45) is -4.81. The zero-order valence-electron chi connectivity index (χ0n) is 7.86. The van der Waals surface area contributed by atoms with Crippen LogP contribution >= 0.6 is 0 Å². The van der Waals surface area contributed by atoms with Crippen LogP contribution in [0, 0.1) is 0 Å². The Morgan fingerprint density at radius 1 is 1.31 bits per heavy atom. The lowest BCUT2D eigenvalue weighted by Gasteiger charge is -2.25. The van der Waals surface area contributed by atoms with Gasteiger partial charge in [-0.05, 0) is 26.7 Å². The molecule has 3 N–H and O–H groups in total. The van der Waals surface area contributed by atoms with Gasteiger partial charge in [0.05, 0.1) is 5.60 Å². The molecule has 0 amide bonds. The van der Waals surface area contributed by atoms with E-state index in [1.54, 1.807) is 0 Å². The van der Waals surface area contributed by atoms with Crippen LogP contribution in [0.1, 0.15) is 33.1 Å². The number of aliphatic hydroxyl groups is 1. The monoisotopic (exact) mass is 199 g/mol. The van der Waals surface area contributed by atoms with E-state index in [9.17, 15) is 18.3 Å². The first-order valence-corrected chi connectivity index (χ1v) is 4.17. The summed E-state index contributed by atoms with van der Waals surface area (Å²) in [5.74, 6) is 0. The van der Waals surface area contributed by atoms with Crippen LogP contribution in [-0.4, -0.2) is 22.9 Å². The molecule has 5 heteroatoms. The van der Waals surface area contributed by atoms with Gasteiger partial charge in [-0.1, -0.05) is 0 Å². The Morgan fingerprint density at radius 2 is 1.77 bits per heavy atom. The van der Waals surface area contributed by atoms with E-state index in [0.717, 1.165) is 0 Å². The molecule has 0 fully saturated rings. The fourth-order valence-corrected chi connectivity index (χ4v) is 0.876. The van der Waals surface area contributed by atoms with Crippen LogP contribution in [0.25, 0.3) is 0 Å². The zero-order chi connectivity index (χ0) is 10.7. The summed E-state index contributed by atoms with van der Waals surface area (Å²) in [6.45, 7) is 2.98. The molecule has 0 heterocycles. The third kappa shape index (κ3) is 6.83. The molecule has 0 aliphatic heterocycles. The molecule has 0 aromatic heterocycles. The van der Waals surface area contributed by atoms with E-state index in [1.807, 2.05) is 0 Å². The van der Waals surface area contributed by atoms with Gasteiger partial charge in [0.2, 0.25) is 0 Å². The average Bonchev–Trinajstić information content (AvgIpc) is 1.82. The molecule has 80 valence electrons. The zero-order valence-corrected chi connectivity index (χ0v) is 7.86. The van der Waals surface area contributed by atoms with E-state index in [2.05, 4.69) is 0 Å². The van der Waals surface area contributed by atoms with Crippen LogP contribution in [-0.2, 0) is 0 Å². The maximum Gasteiger partial charge on any atom is 0.389 e. The number of nitrogens with two attached hydrogens (primary N) is 1. The summed E-state index contributed by atoms with van der Waals surface area (Å²) < 4.78 is 35.1. The van der Waals surface area contributed by atoms with Crippen molar-refractivity contribution >= 4 is 0 Å². The van der Waals surface area contributed by atoms with Crippen LogP contribution in [0.2, 0.25) is 0 Å². The first-order chi connectivity index (χ1) is 5.63. The van der Waals surface area contributed by atoms with Gasteiger partial charge < -0.3 is 10.8 Å². The van der Waals surface area contributed by atoms with E-state index in [1.165, 1.54) is 13.8 Å². The van der Waals surface area contributed by atoms with Crippen molar-refractivity contribution < 1.29 is 18.3 Å². The van der Waals surface area contributed by atoms with Crippen molar-refractivity contribution in [3.63, 3.8) is 0 Å². The van der Waals surface area contributed by atoms with Crippen molar-refractivity contribution in [2.75, 3.05) is 0 Å². The Hall–Kier alpha value is -0.290. The molecule has 0 radical (unpaired) electrons. The number of hydrogen-bond acceptors (Lipinski definition) is 2. The van der Waals surface area contributed by atoms with Crippen molar-refractivity contribution in [2.24, 2.45) is 5.73 Å². The molecule has 0 aliphatic carbocycles. The normalized spacial score (nSPS) is 15.9.